The Morgan fingerprint density at radius 2 is 1.85 bits per heavy atom. The fourth-order valence-corrected chi connectivity index (χ4v) is 3.06. The lowest BCUT2D eigenvalue weighted by molar-refractivity contribution is -0.109. The first-order valence-corrected chi connectivity index (χ1v) is 4.94. The van der Waals surface area contributed by atoms with E-state index in [1.807, 2.05) is 0 Å². The van der Waals surface area contributed by atoms with Crippen LogP contribution in [0, 0.1) is 0 Å². The van der Waals surface area contributed by atoms with Gasteiger partial charge in [-0.05, 0) is 0 Å². The first kappa shape index (κ1) is 7.43. The third-order valence-electron chi connectivity index (χ3n) is 3.49. The molecule has 72 valence electrons. The van der Waals surface area contributed by atoms with Gasteiger partial charge < -0.3 is 19.3 Å². The highest BCUT2D eigenvalue weighted by molar-refractivity contribution is 6.21. The van der Waals surface area contributed by atoms with Crippen molar-refractivity contribution in [2.75, 3.05) is 6.61 Å². The maximum Gasteiger partial charge on any atom is 0.145 e. The second kappa shape index (κ2) is 1.90. The second-order valence-corrected chi connectivity index (χ2v) is 4.76. The molecule has 5 aliphatic rings. The molecule has 5 rings (SSSR count). The third-order valence-corrected chi connectivity index (χ3v) is 3.99. The number of halogens is 1. The Morgan fingerprint density at radius 1 is 1.15 bits per heavy atom. The van der Waals surface area contributed by atoms with Crippen LogP contribution in [0.4, 0.5) is 0 Å². The van der Waals surface area contributed by atoms with Crippen LogP contribution in [0.2, 0.25) is 0 Å². The molecule has 7 atom stereocenters. The Hall–Kier alpha value is 0.130. The molecule has 5 heteroatoms. The molecule has 4 aliphatic heterocycles. The summed E-state index contributed by atoms with van der Waals surface area (Å²) in [7, 11) is 0. The molecule has 0 spiro atoms. The molecule has 13 heavy (non-hydrogen) atoms. The van der Waals surface area contributed by atoms with Gasteiger partial charge in [0.25, 0.3) is 0 Å². The van der Waals surface area contributed by atoms with Crippen molar-refractivity contribution in [3.63, 3.8) is 0 Å². The van der Waals surface area contributed by atoms with Crippen molar-refractivity contribution in [1.82, 2.24) is 0 Å². The van der Waals surface area contributed by atoms with Crippen molar-refractivity contribution in [1.29, 1.82) is 0 Å². The molecule has 4 saturated heterocycles. The van der Waals surface area contributed by atoms with E-state index in [1.54, 1.807) is 0 Å². The number of aliphatic hydroxyl groups is 1. The van der Waals surface area contributed by atoms with E-state index in [9.17, 15) is 5.11 Å². The third kappa shape index (κ3) is 0.701. The molecule has 1 saturated carbocycles. The number of ether oxygens (including phenoxy) is 3. The Balaban J connectivity index is 1.83. The van der Waals surface area contributed by atoms with E-state index >= 15 is 0 Å². The van der Waals surface area contributed by atoms with E-state index in [2.05, 4.69) is 0 Å². The predicted molar refractivity (Wildman–Crippen MR) is 41.7 cm³/mol. The molecule has 0 radical (unpaired) electrons. The minimum Gasteiger partial charge on any atom is -0.382 e. The van der Waals surface area contributed by atoms with Gasteiger partial charge in [-0.3, -0.25) is 0 Å². The highest BCUT2D eigenvalue weighted by atomic mass is 35.5. The van der Waals surface area contributed by atoms with Crippen LogP contribution in [0.3, 0.4) is 0 Å². The molecule has 4 heterocycles. The van der Waals surface area contributed by atoms with Crippen LogP contribution in [0.25, 0.3) is 0 Å². The van der Waals surface area contributed by atoms with E-state index in [0.717, 1.165) is 0 Å². The largest absolute Gasteiger partial charge is 0.382 e. The SMILES string of the molecule is O[C@]12CO[C@@H]([C@H](Cl)[C@H]3O[C@H]31)[C@@H]1O[C@@H]12. The molecule has 1 N–H and O–H groups in total. The van der Waals surface area contributed by atoms with Gasteiger partial charge in [0.2, 0.25) is 0 Å². The lowest BCUT2D eigenvalue weighted by atomic mass is 9.93. The maximum atomic E-state index is 10.2. The summed E-state index contributed by atoms with van der Waals surface area (Å²) in [6.07, 6.45) is -0.403. The van der Waals surface area contributed by atoms with Crippen molar-refractivity contribution in [2.45, 2.75) is 41.5 Å². The van der Waals surface area contributed by atoms with Crippen molar-refractivity contribution in [2.24, 2.45) is 0 Å². The minimum absolute atomic E-state index is 0.00218. The monoisotopic (exact) mass is 204 g/mol. The molecule has 0 amide bonds. The Morgan fingerprint density at radius 3 is 2.69 bits per heavy atom. The molecule has 4 nitrogen and oxygen atoms in total. The second-order valence-electron chi connectivity index (χ2n) is 4.25. The summed E-state index contributed by atoms with van der Waals surface area (Å²) in [6, 6.07) is 0. The Labute approximate surface area is 79.7 Å². The first-order chi connectivity index (χ1) is 6.22. The van der Waals surface area contributed by atoms with Crippen LogP contribution >= 0.6 is 11.6 Å². The van der Waals surface area contributed by atoms with Crippen molar-refractivity contribution in [3.05, 3.63) is 0 Å². The number of epoxide rings is 2. The van der Waals surface area contributed by atoms with Crippen molar-refractivity contribution in [3.8, 4) is 0 Å². The molecule has 2 bridgehead atoms. The van der Waals surface area contributed by atoms with Gasteiger partial charge in [0.05, 0.1) is 12.0 Å². The van der Waals surface area contributed by atoms with Gasteiger partial charge in [0.15, 0.2) is 0 Å². The average Bonchev–Trinajstić information content (AvgIpc) is 2.94. The van der Waals surface area contributed by atoms with Gasteiger partial charge in [-0.1, -0.05) is 0 Å². The number of hydrogen-bond acceptors (Lipinski definition) is 4. The zero-order valence-electron chi connectivity index (χ0n) is 6.72. The highest BCUT2D eigenvalue weighted by Crippen LogP contribution is 2.55. The van der Waals surface area contributed by atoms with Crippen LogP contribution in [-0.2, 0) is 14.2 Å². The van der Waals surface area contributed by atoms with Gasteiger partial charge in [-0.15, -0.1) is 11.6 Å². The van der Waals surface area contributed by atoms with Gasteiger partial charge in [-0.25, -0.2) is 0 Å². The lowest BCUT2D eigenvalue weighted by Crippen LogP contribution is -2.51. The maximum absolute atomic E-state index is 10.2. The van der Waals surface area contributed by atoms with Crippen LogP contribution in [-0.4, -0.2) is 53.2 Å². The van der Waals surface area contributed by atoms with E-state index in [0.29, 0.717) is 6.61 Å². The predicted octanol–water partition coefficient (Wildman–Crippen LogP) is -0.728. The average molecular weight is 205 g/mol. The van der Waals surface area contributed by atoms with E-state index in [-0.39, 0.29) is 35.9 Å². The van der Waals surface area contributed by atoms with E-state index in [4.69, 9.17) is 25.8 Å². The summed E-state index contributed by atoms with van der Waals surface area (Å²) >= 11 is 6.15. The van der Waals surface area contributed by atoms with Crippen LogP contribution < -0.4 is 0 Å². The quantitative estimate of drug-likeness (QED) is 0.418. The molecule has 1 aliphatic carbocycles. The molecule has 5 fully saturated rings. The summed E-state index contributed by atoms with van der Waals surface area (Å²) in [5.41, 5.74) is -0.935. The summed E-state index contributed by atoms with van der Waals surface area (Å²) < 4.78 is 16.2. The summed E-state index contributed by atoms with van der Waals surface area (Å²) in [5, 5.41) is 10.0. The molecule has 0 aromatic carbocycles. The smallest absolute Gasteiger partial charge is 0.145 e. The van der Waals surface area contributed by atoms with Crippen LogP contribution in [0.1, 0.15) is 0 Å². The van der Waals surface area contributed by atoms with E-state index in [1.165, 1.54) is 0 Å². The topological polar surface area (TPSA) is 54.5 Å². The van der Waals surface area contributed by atoms with Crippen molar-refractivity contribution >= 4 is 11.6 Å². The normalized spacial score (nSPS) is 72.5. The number of rotatable bonds is 0. The fourth-order valence-electron chi connectivity index (χ4n) is 2.65. The number of fused-ring (bicyclic) bond motifs is 1. The minimum atomic E-state index is -0.935. The van der Waals surface area contributed by atoms with Gasteiger partial charge in [0, 0.05) is 0 Å². The van der Waals surface area contributed by atoms with E-state index < -0.39 is 5.60 Å². The van der Waals surface area contributed by atoms with Crippen LogP contribution in [0.5, 0.6) is 0 Å². The van der Waals surface area contributed by atoms with Gasteiger partial charge >= 0.3 is 0 Å². The Kier molecular flexibility index (Phi) is 1.08. The Bertz CT molecular complexity index is 283. The first-order valence-electron chi connectivity index (χ1n) is 4.51. The summed E-state index contributed by atoms with van der Waals surface area (Å²) in [6.45, 7) is 0.295. The highest BCUT2D eigenvalue weighted by Gasteiger charge is 2.76. The lowest BCUT2D eigenvalue weighted by Gasteiger charge is -2.29. The molecular formula is C8H9ClO4. The zero-order valence-corrected chi connectivity index (χ0v) is 7.48. The number of alkyl halides is 1. The molecular weight excluding hydrogens is 196 g/mol. The number of hydrogen-bond donors (Lipinski definition) is 1. The standard InChI is InChI=1S/C8H9ClO4/c9-2-3-5-7(13-5)8(10,1-11-3)6-4(2)12-6/h2-7,10H,1H2/t2-,3-,4+,5-,6+,7-,8+/m0/s1. The molecule has 0 unspecified atom stereocenters. The summed E-state index contributed by atoms with van der Waals surface area (Å²) in [4.78, 5) is 0. The fraction of sp³-hybridized carbons (Fsp3) is 1.00. The zero-order chi connectivity index (χ0) is 8.79. The van der Waals surface area contributed by atoms with Crippen LogP contribution in [0.15, 0.2) is 0 Å². The summed E-state index contributed by atoms with van der Waals surface area (Å²) in [5.74, 6) is 0. The molecule has 0 aromatic heterocycles. The van der Waals surface area contributed by atoms with Crippen molar-refractivity contribution < 1.29 is 19.3 Å². The van der Waals surface area contributed by atoms with Gasteiger partial charge in [0.1, 0.15) is 36.1 Å². The molecule has 0 aromatic rings. The van der Waals surface area contributed by atoms with Gasteiger partial charge in [-0.2, -0.15) is 0 Å².